The smallest absolute Gasteiger partial charge is 0.0870 e. The second-order valence-corrected chi connectivity index (χ2v) is 4.91. The minimum absolute atomic E-state index is 0.273. The number of fused-ring (bicyclic) bond motifs is 6. The lowest BCUT2D eigenvalue weighted by molar-refractivity contribution is 0.0867. The first-order valence-corrected chi connectivity index (χ1v) is 6.35. The molecular formula is C17H14O. The van der Waals surface area contributed by atoms with Crippen LogP contribution in [0.2, 0.25) is 0 Å². The molecule has 0 heterocycles. The Bertz CT molecular complexity index is 758. The van der Waals surface area contributed by atoms with Crippen molar-refractivity contribution in [2.24, 2.45) is 0 Å². The van der Waals surface area contributed by atoms with Gasteiger partial charge in [-0.25, -0.2) is 0 Å². The highest BCUT2D eigenvalue weighted by molar-refractivity contribution is 6.11. The third-order valence-electron chi connectivity index (χ3n) is 4.08. The zero-order valence-electron chi connectivity index (χ0n) is 10.3. The van der Waals surface area contributed by atoms with Crippen LogP contribution in [0.25, 0.3) is 21.5 Å². The topological polar surface area (TPSA) is 9.23 Å². The van der Waals surface area contributed by atoms with Crippen LogP contribution >= 0.6 is 0 Å². The fraction of sp³-hybridized carbons (Fsp3) is 0.176. The average Bonchev–Trinajstić information content (AvgIpc) is 2.39. The Hall–Kier alpha value is -1.86. The second kappa shape index (κ2) is 3.56. The molecule has 0 spiro atoms. The van der Waals surface area contributed by atoms with Gasteiger partial charge in [0, 0.05) is 13.5 Å². The largest absolute Gasteiger partial charge is 0.376 e. The van der Waals surface area contributed by atoms with Crippen molar-refractivity contribution in [3.8, 4) is 0 Å². The number of methoxy groups -OCH3 is 1. The molecule has 1 heteroatoms. The fourth-order valence-corrected chi connectivity index (χ4v) is 3.19. The van der Waals surface area contributed by atoms with Gasteiger partial charge in [-0.15, -0.1) is 0 Å². The summed E-state index contributed by atoms with van der Waals surface area (Å²) in [4.78, 5) is 0. The maximum absolute atomic E-state index is 5.57. The molecule has 0 radical (unpaired) electrons. The number of hydrogen-bond donors (Lipinski definition) is 0. The first-order chi connectivity index (χ1) is 8.90. The molecule has 88 valence electrons. The third-order valence-corrected chi connectivity index (χ3v) is 4.08. The van der Waals surface area contributed by atoms with Crippen molar-refractivity contribution < 1.29 is 4.74 Å². The zero-order valence-corrected chi connectivity index (χ0v) is 10.3. The molecule has 18 heavy (non-hydrogen) atoms. The Kier molecular flexibility index (Phi) is 2.00. The molecule has 0 fully saturated rings. The van der Waals surface area contributed by atoms with Crippen LogP contribution in [-0.2, 0) is 11.2 Å². The van der Waals surface area contributed by atoms with Crippen LogP contribution in [0.1, 0.15) is 17.2 Å². The molecule has 1 aliphatic rings. The highest BCUT2D eigenvalue weighted by atomic mass is 16.5. The van der Waals surface area contributed by atoms with Crippen molar-refractivity contribution in [1.29, 1.82) is 0 Å². The van der Waals surface area contributed by atoms with E-state index >= 15 is 0 Å². The predicted octanol–water partition coefficient (Wildman–Crippen LogP) is 4.24. The van der Waals surface area contributed by atoms with Gasteiger partial charge in [-0.2, -0.15) is 0 Å². The van der Waals surface area contributed by atoms with Gasteiger partial charge in [-0.1, -0.05) is 48.5 Å². The van der Waals surface area contributed by atoms with Crippen molar-refractivity contribution in [3.05, 3.63) is 59.7 Å². The molecule has 1 atom stereocenters. The molecule has 0 aliphatic heterocycles. The number of hydrogen-bond acceptors (Lipinski definition) is 1. The molecule has 4 rings (SSSR count). The van der Waals surface area contributed by atoms with E-state index in [1.807, 2.05) is 0 Å². The quantitative estimate of drug-likeness (QED) is 0.572. The Morgan fingerprint density at radius 3 is 2.06 bits per heavy atom. The van der Waals surface area contributed by atoms with Crippen LogP contribution in [0.15, 0.2) is 48.5 Å². The first kappa shape index (κ1) is 10.1. The Morgan fingerprint density at radius 1 is 0.833 bits per heavy atom. The van der Waals surface area contributed by atoms with Crippen molar-refractivity contribution in [1.82, 2.24) is 0 Å². The molecule has 3 aromatic rings. The van der Waals surface area contributed by atoms with Gasteiger partial charge in [-0.05, 0) is 32.7 Å². The van der Waals surface area contributed by atoms with Crippen LogP contribution in [-0.4, -0.2) is 7.11 Å². The van der Waals surface area contributed by atoms with Crippen LogP contribution < -0.4 is 0 Å². The molecular weight excluding hydrogens is 220 g/mol. The Morgan fingerprint density at radius 2 is 1.39 bits per heavy atom. The highest BCUT2D eigenvalue weighted by Crippen LogP contribution is 2.45. The molecule has 3 aromatic carbocycles. The van der Waals surface area contributed by atoms with E-state index in [-0.39, 0.29) is 6.10 Å². The van der Waals surface area contributed by atoms with E-state index in [1.165, 1.54) is 32.7 Å². The van der Waals surface area contributed by atoms with Crippen molar-refractivity contribution in [2.45, 2.75) is 12.5 Å². The maximum Gasteiger partial charge on any atom is 0.0870 e. The zero-order chi connectivity index (χ0) is 12.1. The summed E-state index contributed by atoms with van der Waals surface area (Å²) in [5.74, 6) is 0. The van der Waals surface area contributed by atoms with Crippen LogP contribution in [0, 0.1) is 0 Å². The Labute approximate surface area is 106 Å². The number of benzene rings is 3. The lowest BCUT2D eigenvalue weighted by Gasteiger charge is -2.32. The lowest BCUT2D eigenvalue weighted by Crippen LogP contribution is -2.19. The maximum atomic E-state index is 5.57. The summed E-state index contributed by atoms with van der Waals surface area (Å²) in [6.45, 7) is 0. The first-order valence-electron chi connectivity index (χ1n) is 6.35. The predicted molar refractivity (Wildman–Crippen MR) is 74.9 cm³/mol. The normalized spacial score (nSPS) is 17.7. The monoisotopic (exact) mass is 234 g/mol. The summed E-state index contributed by atoms with van der Waals surface area (Å²) in [6, 6.07) is 17.3. The summed E-state index contributed by atoms with van der Waals surface area (Å²) >= 11 is 0. The van der Waals surface area contributed by atoms with E-state index in [9.17, 15) is 0 Å². The SMILES string of the molecule is COC1Cc2c1c1ccccc1c1ccccc21. The standard InChI is InChI=1S/C17H14O/c1-18-16-10-15-13-8-3-2-6-11(13)12-7-4-5-9-14(12)17(15)16/h2-9,16H,10H2,1H3. The van der Waals surface area contributed by atoms with Gasteiger partial charge in [-0.3, -0.25) is 0 Å². The van der Waals surface area contributed by atoms with Gasteiger partial charge in [0.05, 0.1) is 6.10 Å². The molecule has 1 nitrogen and oxygen atoms in total. The van der Waals surface area contributed by atoms with Crippen molar-refractivity contribution in [2.75, 3.05) is 7.11 Å². The van der Waals surface area contributed by atoms with Gasteiger partial charge < -0.3 is 4.74 Å². The molecule has 0 amide bonds. The summed E-state index contributed by atoms with van der Waals surface area (Å²) in [5, 5.41) is 5.44. The van der Waals surface area contributed by atoms with E-state index in [4.69, 9.17) is 4.74 Å². The van der Waals surface area contributed by atoms with Gasteiger partial charge in [0.1, 0.15) is 0 Å². The molecule has 0 N–H and O–H groups in total. The molecule has 0 bridgehead atoms. The minimum Gasteiger partial charge on any atom is -0.376 e. The van der Waals surface area contributed by atoms with E-state index < -0.39 is 0 Å². The van der Waals surface area contributed by atoms with Gasteiger partial charge >= 0.3 is 0 Å². The lowest BCUT2D eigenvalue weighted by atomic mass is 9.78. The third kappa shape index (κ3) is 1.15. The minimum atomic E-state index is 0.273. The van der Waals surface area contributed by atoms with E-state index in [1.54, 1.807) is 7.11 Å². The number of ether oxygens (including phenoxy) is 1. The van der Waals surface area contributed by atoms with Crippen LogP contribution in [0.4, 0.5) is 0 Å². The van der Waals surface area contributed by atoms with Gasteiger partial charge in [0.2, 0.25) is 0 Å². The van der Waals surface area contributed by atoms with Crippen molar-refractivity contribution in [3.63, 3.8) is 0 Å². The molecule has 1 unspecified atom stereocenters. The van der Waals surface area contributed by atoms with Crippen LogP contribution in [0.5, 0.6) is 0 Å². The van der Waals surface area contributed by atoms with Crippen LogP contribution in [0.3, 0.4) is 0 Å². The fourth-order valence-electron chi connectivity index (χ4n) is 3.19. The van der Waals surface area contributed by atoms with Gasteiger partial charge in [0.15, 0.2) is 0 Å². The number of rotatable bonds is 1. The molecule has 1 aliphatic carbocycles. The average molecular weight is 234 g/mol. The van der Waals surface area contributed by atoms with E-state index in [2.05, 4.69) is 48.5 Å². The van der Waals surface area contributed by atoms with E-state index in [0.29, 0.717) is 0 Å². The molecule has 0 saturated carbocycles. The summed E-state index contributed by atoms with van der Waals surface area (Å²) in [7, 11) is 1.80. The molecule has 0 aromatic heterocycles. The summed E-state index contributed by atoms with van der Waals surface area (Å²) in [6.07, 6.45) is 1.31. The summed E-state index contributed by atoms with van der Waals surface area (Å²) < 4.78 is 5.57. The second-order valence-electron chi connectivity index (χ2n) is 4.91. The van der Waals surface area contributed by atoms with Gasteiger partial charge in [0.25, 0.3) is 0 Å². The Balaban J connectivity index is 2.24. The molecule has 0 saturated heterocycles. The summed E-state index contributed by atoms with van der Waals surface area (Å²) in [5.41, 5.74) is 2.86. The van der Waals surface area contributed by atoms with Crippen molar-refractivity contribution >= 4 is 21.5 Å². The van der Waals surface area contributed by atoms with E-state index in [0.717, 1.165) is 6.42 Å². The highest BCUT2D eigenvalue weighted by Gasteiger charge is 2.30.